The quantitative estimate of drug-likeness (QED) is 0.832. The second-order valence-corrected chi connectivity index (χ2v) is 3.06. The Labute approximate surface area is 91.1 Å². The van der Waals surface area contributed by atoms with E-state index in [4.69, 9.17) is 9.84 Å². The standard InChI is InChI=1S/C10H9N3O3/c1-16-9-3-7(10(14)15)2-8(4-9)13-6-11-5-12-13/h2-6H,1H3,(H,14,15). The van der Waals surface area contributed by atoms with Gasteiger partial charge in [0.05, 0.1) is 18.4 Å². The molecule has 6 heteroatoms. The number of rotatable bonds is 3. The number of aromatic carboxylic acids is 1. The molecule has 82 valence electrons. The van der Waals surface area contributed by atoms with Gasteiger partial charge in [-0.1, -0.05) is 0 Å². The van der Waals surface area contributed by atoms with Crippen LogP contribution in [0.1, 0.15) is 10.4 Å². The molecule has 0 saturated heterocycles. The van der Waals surface area contributed by atoms with Crippen LogP contribution in [0.5, 0.6) is 5.75 Å². The molecular weight excluding hydrogens is 210 g/mol. The summed E-state index contributed by atoms with van der Waals surface area (Å²) in [7, 11) is 1.48. The molecule has 0 aliphatic heterocycles. The van der Waals surface area contributed by atoms with Gasteiger partial charge in [-0.15, -0.1) is 0 Å². The lowest BCUT2D eigenvalue weighted by Crippen LogP contribution is -2.01. The van der Waals surface area contributed by atoms with E-state index in [2.05, 4.69) is 10.1 Å². The number of ether oxygens (including phenoxy) is 1. The van der Waals surface area contributed by atoms with Crippen LogP contribution < -0.4 is 4.74 Å². The van der Waals surface area contributed by atoms with Crippen molar-refractivity contribution in [3.63, 3.8) is 0 Å². The van der Waals surface area contributed by atoms with E-state index in [1.807, 2.05) is 0 Å². The molecule has 1 aromatic carbocycles. The molecule has 0 fully saturated rings. The van der Waals surface area contributed by atoms with Gasteiger partial charge in [0, 0.05) is 6.07 Å². The number of aromatic nitrogens is 3. The van der Waals surface area contributed by atoms with Crippen LogP contribution in [0, 0.1) is 0 Å². The van der Waals surface area contributed by atoms with Crippen LogP contribution in [-0.4, -0.2) is 33.0 Å². The fraction of sp³-hybridized carbons (Fsp3) is 0.100. The van der Waals surface area contributed by atoms with Gasteiger partial charge < -0.3 is 9.84 Å². The number of hydrogen-bond donors (Lipinski definition) is 1. The van der Waals surface area contributed by atoms with Crippen molar-refractivity contribution in [2.24, 2.45) is 0 Å². The Balaban J connectivity index is 2.53. The van der Waals surface area contributed by atoms with Gasteiger partial charge in [0.2, 0.25) is 0 Å². The summed E-state index contributed by atoms with van der Waals surface area (Å²) < 4.78 is 6.49. The van der Waals surface area contributed by atoms with Gasteiger partial charge in [-0.25, -0.2) is 14.5 Å². The number of carbonyl (C=O) groups is 1. The zero-order valence-corrected chi connectivity index (χ0v) is 8.49. The van der Waals surface area contributed by atoms with Crippen LogP contribution in [0.2, 0.25) is 0 Å². The van der Waals surface area contributed by atoms with Crippen LogP contribution in [0.15, 0.2) is 30.9 Å². The van der Waals surface area contributed by atoms with Crippen LogP contribution in [-0.2, 0) is 0 Å². The Kier molecular flexibility index (Phi) is 2.55. The smallest absolute Gasteiger partial charge is 0.335 e. The first-order valence-corrected chi connectivity index (χ1v) is 4.48. The number of carboxylic acids is 1. The van der Waals surface area contributed by atoms with E-state index >= 15 is 0 Å². The van der Waals surface area contributed by atoms with Gasteiger partial charge >= 0.3 is 5.97 Å². The van der Waals surface area contributed by atoms with E-state index in [0.717, 1.165) is 0 Å². The molecule has 0 spiro atoms. The molecule has 6 nitrogen and oxygen atoms in total. The zero-order valence-electron chi connectivity index (χ0n) is 8.49. The molecule has 0 atom stereocenters. The summed E-state index contributed by atoms with van der Waals surface area (Å²) in [6, 6.07) is 4.63. The third kappa shape index (κ3) is 1.85. The molecule has 1 heterocycles. The molecule has 1 N–H and O–H groups in total. The number of nitrogens with zero attached hydrogens (tertiary/aromatic N) is 3. The molecule has 0 aliphatic rings. The first kappa shape index (κ1) is 10.2. The van der Waals surface area contributed by atoms with E-state index in [1.165, 1.54) is 36.6 Å². The average Bonchev–Trinajstić information content (AvgIpc) is 2.81. The maximum atomic E-state index is 10.9. The highest BCUT2D eigenvalue weighted by atomic mass is 16.5. The highest BCUT2D eigenvalue weighted by Gasteiger charge is 2.08. The van der Waals surface area contributed by atoms with Crippen LogP contribution >= 0.6 is 0 Å². The van der Waals surface area contributed by atoms with Crippen molar-refractivity contribution in [1.82, 2.24) is 14.8 Å². The van der Waals surface area contributed by atoms with Crippen molar-refractivity contribution in [3.05, 3.63) is 36.4 Å². The van der Waals surface area contributed by atoms with E-state index in [9.17, 15) is 4.79 Å². The summed E-state index contributed by atoms with van der Waals surface area (Å²) in [5.74, 6) is -0.550. The second-order valence-electron chi connectivity index (χ2n) is 3.06. The molecule has 0 saturated carbocycles. The molecular formula is C10H9N3O3. The van der Waals surface area contributed by atoms with Gasteiger partial charge in [0.15, 0.2) is 0 Å². The molecule has 0 aliphatic carbocycles. The molecule has 2 aromatic rings. The Morgan fingerprint density at radius 1 is 1.44 bits per heavy atom. The van der Waals surface area contributed by atoms with Crippen molar-refractivity contribution >= 4 is 5.97 Å². The van der Waals surface area contributed by atoms with Gasteiger partial charge in [-0.05, 0) is 12.1 Å². The monoisotopic (exact) mass is 219 g/mol. The molecule has 0 unspecified atom stereocenters. The van der Waals surface area contributed by atoms with E-state index in [-0.39, 0.29) is 5.56 Å². The van der Waals surface area contributed by atoms with Gasteiger partial charge in [-0.2, -0.15) is 5.10 Å². The molecule has 0 radical (unpaired) electrons. The summed E-state index contributed by atoms with van der Waals surface area (Å²) in [5.41, 5.74) is 0.735. The van der Waals surface area contributed by atoms with Crippen LogP contribution in [0.4, 0.5) is 0 Å². The minimum Gasteiger partial charge on any atom is -0.497 e. The van der Waals surface area contributed by atoms with E-state index in [1.54, 1.807) is 6.07 Å². The summed E-state index contributed by atoms with van der Waals surface area (Å²) in [6.07, 6.45) is 2.86. The van der Waals surface area contributed by atoms with E-state index < -0.39 is 5.97 Å². The normalized spacial score (nSPS) is 10.1. The number of hydrogen-bond acceptors (Lipinski definition) is 4. The Morgan fingerprint density at radius 2 is 2.25 bits per heavy atom. The van der Waals surface area contributed by atoms with Gasteiger partial charge in [-0.3, -0.25) is 0 Å². The lowest BCUT2D eigenvalue weighted by atomic mass is 10.2. The topological polar surface area (TPSA) is 77.2 Å². The third-order valence-electron chi connectivity index (χ3n) is 2.06. The first-order chi connectivity index (χ1) is 7.70. The Bertz CT molecular complexity index is 508. The number of benzene rings is 1. The fourth-order valence-electron chi connectivity index (χ4n) is 1.30. The molecule has 1 aromatic heterocycles. The lowest BCUT2D eigenvalue weighted by molar-refractivity contribution is 0.0696. The largest absolute Gasteiger partial charge is 0.497 e. The van der Waals surface area contributed by atoms with Gasteiger partial charge in [0.25, 0.3) is 0 Å². The van der Waals surface area contributed by atoms with Crippen molar-refractivity contribution in [2.75, 3.05) is 7.11 Å². The second kappa shape index (κ2) is 4.01. The highest BCUT2D eigenvalue weighted by Crippen LogP contribution is 2.19. The highest BCUT2D eigenvalue weighted by molar-refractivity contribution is 5.88. The van der Waals surface area contributed by atoms with E-state index in [0.29, 0.717) is 11.4 Å². The summed E-state index contributed by atoms with van der Waals surface area (Å²) in [5, 5.41) is 12.8. The fourth-order valence-corrected chi connectivity index (χ4v) is 1.30. The molecule has 16 heavy (non-hydrogen) atoms. The number of methoxy groups -OCH3 is 1. The zero-order chi connectivity index (χ0) is 11.5. The van der Waals surface area contributed by atoms with Crippen molar-refractivity contribution in [2.45, 2.75) is 0 Å². The van der Waals surface area contributed by atoms with Crippen LogP contribution in [0.3, 0.4) is 0 Å². The first-order valence-electron chi connectivity index (χ1n) is 4.48. The predicted octanol–water partition coefficient (Wildman–Crippen LogP) is 0.974. The summed E-state index contributed by atoms with van der Waals surface area (Å²) in [4.78, 5) is 14.7. The lowest BCUT2D eigenvalue weighted by Gasteiger charge is -2.06. The maximum Gasteiger partial charge on any atom is 0.335 e. The van der Waals surface area contributed by atoms with Gasteiger partial charge in [0.1, 0.15) is 18.4 Å². The van der Waals surface area contributed by atoms with Crippen molar-refractivity contribution in [3.8, 4) is 11.4 Å². The minimum atomic E-state index is -1.01. The third-order valence-corrected chi connectivity index (χ3v) is 2.06. The summed E-state index contributed by atoms with van der Waals surface area (Å²) >= 11 is 0. The number of carboxylic acid groups (broad SMARTS) is 1. The Hall–Kier alpha value is -2.37. The minimum absolute atomic E-state index is 0.143. The van der Waals surface area contributed by atoms with Crippen molar-refractivity contribution < 1.29 is 14.6 Å². The predicted molar refractivity (Wildman–Crippen MR) is 54.9 cm³/mol. The van der Waals surface area contributed by atoms with Crippen molar-refractivity contribution in [1.29, 1.82) is 0 Å². The Morgan fingerprint density at radius 3 is 2.81 bits per heavy atom. The summed E-state index contributed by atoms with van der Waals surface area (Å²) in [6.45, 7) is 0. The molecule has 2 rings (SSSR count). The molecule has 0 amide bonds. The SMILES string of the molecule is COc1cc(C(=O)O)cc(-n2cncn2)c1. The maximum absolute atomic E-state index is 10.9. The molecule has 0 bridgehead atoms. The van der Waals surface area contributed by atoms with Crippen LogP contribution in [0.25, 0.3) is 5.69 Å². The average molecular weight is 219 g/mol.